The first-order valence-electron chi connectivity index (χ1n) is 11.5. The maximum atomic E-state index is 12.4. The molecule has 1 fully saturated rings. The molecule has 1 saturated heterocycles. The molecule has 0 radical (unpaired) electrons. The van der Waals surface area contributed by atoms with E-state index in [1.165, 1.54) is 6.33 Å². The zero-order valence-corrected chi connectivity index (χ0v) is 20.1. The van der Waals surface area contributed by atoms with Crippen LogP contribution in [-0.4, -0.2) is 51.4 Å². The molecule has 0 spiro atoms. The predicted octanol–water partition coefficient (Wildman–Crippen LogP) is 4.69. The molecule has 1 atom stereocenters. The smallest absolute Gasteiger partial charge is 0.410 e. The van der Waals surface area contributed by atoms with Crippen LogP contribution in [0.3, 0.4) is 0 Å². The lowest BCUT2D eigenvalue weighted by Gasteiger charge is -2.24. The van der Waals surface area contributed by atoms with E-state index < -0.39 is 5.60 Å². The Morgan fingerprint density at radius 3 is 2.46 bits per heavy atom. The maximum absolute atomic E-state index is 12.4. The van der Waals surface area contributed by atoms with Crippen LogP contribution in [0.2, 0.25) is 0 Å². The third-order valence-electron chi connectivity index (χ3n) is 5.43. The molecule has 4 N–H and O–H groups in total. The monoisotopic (exact) mass is 474 g/mol. The number of amides is 1. The molecule has 35 heavy (non-hydrogen) atoms. The van der Waals surface area contributed by atoms with Crippen LogP contribution in [0.4, 0.5) is 16.4 Å². The molecule has 4 rings (SSSR count). The molecule has 2 aromatic carbocycles. The Morgan fingerprint density at radius 2 is 1.77 bits per heavy atom. The average Bonchev–Trinajstić information content (AvgIpc) is 3.28. The van der Waals surface area contributed by atoms with E-state index in [0.717, 1.165) is 12.2 Å². The van der Waals surface area contributed by atoms with Gasteiger partial charge in [-0.1, -0.05) is 18.2 Å². The van der Waals surface area contributed by atoms with Gasteiger partial charge in [0.25, 0.3) is 0 Å². The highest BCUT2D eigenvalue weighted by Crippen LogP contribution is 2.27. The Hall–Kier alpha value is -4.14. The van der Waals surface area contributed by atoms with E-state index >= 15 is 0 Å². The normalized spacial score (nSPS) is 15.5. The van der Waals surface area contributed by atoms with Crippen molar-refractivity contribution >= 4 is 23.4 Å². The number of carbonyl (C=O) groups is 1. The largest absolute Gasteiger partial charge is 0.457 e. The minimum absolute atomic E-state index is 0.0509. The van der Waals surface area contributed by atoms with E-state index in [2.05, 4.69) is 15.3 Å². The van der Waals surface area contributed by atoms with Crippen molar-refractivity contribution in [1.29, 1.82) is 5.41 Å². The third kappa shape index (κ3) is 6.06. The molecule has 2 heterocycles. The van der Waals surface area contributed by atoms with Gasteiger partial charge in [-0.25, -0.2) is 14.8 Å². The number of nitrogen functional groups attached to an aromatic ring is 1. The minimum atomic E-state index is -0.548. The number of hydrogen-bond donors (Lipinski definition) is 3. The summed E-state index contributed by atoms with van der Waals surface area (Å²) in [5.41, 5.74) is 6.88. The summed E-state index contributed by atoms with van der Waals surface area (Å²) < 4.78 is 11.3. The quantitative estimate of drug-likeness (QED) is 0.442. The van der Waals surface area contributed by atoms with E-state index in [1.807, 2.05) is 51.1 Å². The van der Waals surface area contributed by atoms with Crippen LogP contribution in [0.25, 0.3) is 0 Å². The van der Waals surface area contributed by atoms with Gasteiger partial charge >= 0.3 is 6.09 Å². The number of hydrogen-bond acceptors (Lipinski definition) is 8. The molecule has 9 nitrogen and oxygen atoms in total. The minimum Gasteiger partial charge on any atom is -0.457 e. The van der Waals surface area contributed by atoms with Crippen molar-refractivity contribution in [3.63, 3.8) is 0 Å². The number of aromatic nitrogens is 2. The first-order valence-corrected chi connectivity index (χ1v) is 11.5. The van der Waals surface area contributed by atoms with Crippen LogP contribution in [-0.2, 0) is 4.74 Å². The molecule has 182 valence electrons. The lowest BCUT2D eigenvalue weighted by Crippen LogP contribution is -2.36. The van der Waals surface area contributed by atoms with Gasteiger partial charge in [-0.2, -0.15) is 0 Å². The summed E-state index contributed by atoms with van der Waals surface area (Å²) in [4.78, 5) is 22.5. The summed E-state index contributed by atoms with van der Waals surface area (Å²) in [6.45, 7) is 6.58. The number of likely N-dealkylation sites (tertiary alicyclic amines) is 1. The number of anilines is 2. The van der Waals surface area contributed by atoms with Crippen molar-refractivity contribution < 1.29 is 14.3 Å². The molecule has 1 aliphatic heterocycles. The molecule has 1 amide bonds. The summed E-state index contributed by atoms with van der Waals surface area (Å²) in [5, 5.41) is 12.1. The summed E-state index contributed by atoms with van der Waals surface area (Å²) in [6.07, 6.45) is 1.75. The molecule has 0 aliphatic carbocycles. The molecular formula is C26H30N6O3. The highest BCUT2D eigenvalue weighted by atomic mass is 16.6. The van der Waals surface area contributed by atoms with E-state index in [4.69, 9.17) is 20.6 Å². The van der Waals surface area contributed by atoms with Crippen molar-refractivity contribution in [1.82, 2.24) is 14.9 Å². The zero-order chi connectivity index (χ0) is 25.0. The Morgan fingerprint density at radius 1 is 1.09 bits per heavy atom. The van der Waals surface area contributed by atoms with Crippen LogP contribution in [0.15, 0.2) is 60.9 Å². The highest BCUT2D eigenvalue weighted by molar-refractivity contribution is 6.16. The predicted molar refractivity (Wildman–Crippen MR) is 135 cm³/mol. The average molecular weight is 475 g/mol. The molecule has 1 aliphatic rings. The Labute approximate surface area is 204 Å². The number of rotatable bonds is 6. The second-order valence-electron chi connectivity index (χ2n) is 9.35. The van der Waals surface area contributed by atoms with Crippen molar-refractivity contribution in [3.8, 4) is 11.5 Å². The number of nitrogens with zero attached hydrogens (tertiary/aromatic N) is 3. The standard InChI is InChI=1S/C26H30N6O3/c1-26(2,3)35-25(33)32-14-13-18(15-32)31-24-21(23(28)29-16-30-24)22(27)17-9-11-20(12-10-17)34-19-7-5-4-6-8-19/h4-12,16,18,27H,13-15H2,1-3H3,(H3,28,29,30,31). The summed E-state index contributed by atoms with van der Waals surface area (Å²) >= 11 is 0. The first kappa shape index (κ1) is 24.0. The van der Waals surface area contributed by atoms with Crippen molar-refractivity contribution in [2.75, 3.05) is 24.1 Å². The van der Waals surface area contributed by atoms with E-state index in [1.54, 1.807) is 29.2 Å². The van der Waals surface area contributed by atoms with Gasteiger partial charge in [0.1, 0.15) is 35.1 Å². The van der Waals surface area contributed by atoms with E-state index in [9.17, 15) is 4.79 Å². The summed E-state index contributed by atoms with van der Waals surface area (Å²) in [6, 6.07) is 16.7. The van der Waals surface area contributed by atoms with Gasteiger partial charge < -0.3 is 25.4 Å². The second-order valence-corrected chi connectivity index (χ2v) is 9.35. The van der Waals surface area contributed by atoms with E-state index in [-0.39, 0.29) is 23.7 Å². The van der Waals surface area contributed by atoms with Crippen molar-refractivity contribution in [3.05, 3.63) is 72.1 Å². The first-order chi connectivity index (χ1) is 16.7. The maximum Gasteiger partial charge on any atom is 0.410 e. The molecule has 1 unspecified atom stereocenters. The van der Waals surface area contributed by atoms with Crippen molar-refractivity contribution in [2.45, 2.75) is 38.8 Å². The summed E-state index contributed by atoms with van der Waals surface area (Å²) in [7, 11) is 0. The number of nitrogens with two attached hydrogens (primary N) is 1. The van der Waals surface area contributed by atoms with Crippen LogP contribution >= 0.6 is 0 Å². The zero-order valence-electron chi connectivity index (χ0n) is 20.1. The molecule has 1 aromatic heterocycles. The van der Waals surface area contributed by atoms with Crippen LogP contribution in [0, 0.1) is 5.41 Å². The van der Waals surface area contributed by atoms with Crippen molar-refractivity contribution in [2.24, 2.45) is 0 Å². The summed E-state index contributed by atoms with van der Waals surface area (Å²) in [5.74, 6) is 2.07. The molecule has 9 heteroatoms. The number of para-hydroxylation sites is 1. The molecule has 0 saturated carbocycles. The lowest BCUT2D eigenvalue weighted by molar-refractivity contribution is 0.0293. The Bertz CT molecular complexity index is 1190. The van der Waals surface area contributed by atoms with Gasteiger partial charge in [0, 0.05) is 24.7 Å². The van der Waals surface area contributed by atoms with Crippen LogP contribution < -0.4 is 15.8 Å². The van der Waals surface area contributed by atoms with Gasteiger partial charge in [-0.15, -0.1) is 0 Å². The second kappa shape index (κ2) is 10.0. The fraction of sp³-hybridized carbons (Fsp3) is 0.308. The lowest BCUT2D eigenvalue weighted by atomic mass is 10.0. The SMILES string of the molecule is CC(C)(C)OC(=O)N1CCC(Nc2ncnc(N)c2C(=N)c2ccc(Oc3ccccc3)cc2)C1. The Balaban J connectivity index is 1.46. The topological polar surface area (TPSA) is 126 Å². The van der Waals surface area contributed by atoms with Crippen LogP contribution in [0.5, 0.6) is 11.5 Å². The van der Waals surface area contributed by atoms with Crippen LogP contribution in [0.1, 0.15) is 38.3 Å². The highest BCUT2D eigenvalue weighted by Gasteiger charge is 2.30. The van der Waals surface area contributed by atoms with Gasteiger partial charge in [0.15, 0.2) is 0 Å². The number of benzene rings is 2. The van der Waals surface area contributed by atoms with Gasteiger partial charge in [0.05, 0.1) is 11.3 Å². The Kier molecular flexibility index (Phi) is 6.86. The number of carbonyl (C=O) groups excluding carboxylic acids is 1. The van der Waals surface area contributed by atoms with Gasteiger partial charge in [-0.05, 0) is 63.6 Å². The molecule has 3 aromatic rings. The fourth-order valence-corrected chi connectivity index (χ4v) is 3.78. The van der Waals surface area contributed by atoms with E-state index in [0.29, 0.717) is 35.8 Å². The molecular weight excluding hydrogens is 444 g/mol. The van der Waals surface area contributed by atoms with Gasteiger partial charge in [-0.3, -0.25) is 5.41 Å². The van der Waals surface area contributed by atoms with Gasteiger partial charge in [0.2, 0.25) is 0 Å². The molecule has 0 bridgehead atoms. The third-order valence-corrected chi connectivity index (χ3v) is 5.43. The number of nitrogens with one attached hydrogen (secondary N) is 2. The number of ether oxygens (including phenoxy) is 2. The fourth-order valence-electron chi connectivity index (χ4n) is 3.78.